The molecule has 1 heterocycles. The van der Waals surface area contributed by atoms with E-state index in [4.69, 9.17) is 0 Å². The van der Waals surface area contributed by atoms with E-state index in [1.165, 1.54) is 11.4 Å². The number of benzene rings is 2. The molecule has 1 amide bonds. The van der Waals surface area contributed by atoms with Crippen LogP contribution in [0.5, 0.6) is 0 Å². The minimum absolute atomic E-state index is 0.201. The largest absolute Gasteiger partial charge is 0.351 e. The van der Waals surface area contributed by atoms with Gasteiger partial charge in [0.05, 0.1) is 5.69 Å². The second-order valence-electron chi connectivity index (χ2n) is 5.82. The normalized spacial score (nSPS) is 15.7. The van der Waals surface area contributed by atoms with Crippen LogP contribution >= 0.6 is 0 Å². The van der Waals surface area contributed by atoms with E-state index >= 15 is 0 Å². The molecule has 5 nitrogen and oxygen atoms in total. The standard InChI is InChI=1S/C19H20N2O3S/c1-3-13-20-19(22)18-17(14-9-5-4-6-10-14)15-11-7-8-12-16(15)21(2)25(18,23)24/h4-12H,3,13H2,1-2H3,(H,20,22). The van der Waals surface area contributed by atoms with Crippen LogP contribution in [0.25, 0.3) is 5.57 Å². The molecule has 0 fully saturated rings. The second kappa shape index (κ2) is 6.72. The van der Waals surface area contributed by atoms with E-state index in [9.17, 15) is 13.2 Å². The number of sulfonamides is 1. The van der Waals surface area contributed by atoms with E-state index in [1.807, 2.05) is 49.4 Å². The highest BCUT2D eigenvalue weighted by Crippen LogP contribution is 2.41. The predicted molar refractivity (Wildman–Crippen MR) is 99.5 cm³/mol. The lowest BCUT2D eigenvalue weighted by atomic mass is 9.95. The molecule has 3 rings (SSSR count). The van der Waals surface area contributed by atoms with Gasteiger partial charge in [0.15, 0.2) is 4.91 Å². The molecule has 0 saturated heterocycles. The number of nitrogens with zero attached hydrogens (tertiary/aromatic N) is 1. The number of anilines is 1. The van der Waals surface area contributed by atoms with Crippen molar-refractivity contribution in [3.8, 4) is 0 Å². The monoisotopic (exact) mass is 356 g/mol. The van der Waals surface area contributed by atoms with Crippen molar-refractivity contribution in [2.24, 2.45) is 0 Å². The molecule has 2 aromatic rings. The van der Waals surface area contributed by atoms with Crippen LogP contribution in [-0.2, 0) is 14.8 Å². The van der Waals surface area contributed by atoms with Crippen molar-refractivity contribution < 1.29 is 13.2 Å². The fraction of sp³-hybridized carbons (Fsp3) is 0.211. The molecular weight excluding hydrogens is 336 g/mol. The van der Waals surface area contributed by atoms with E-state index in [1.54, 1.807) is 12.1 Å². The molecule has 25 heavy (non-hydrogen) atoms. The Bertz CT molecular complexity index is 934. The summed E-state index contributed by atoms with van der Waals surface area (Å²) in [5.74, 6) is -0.568. The lowest BCUT2D eigenvalue weighted by Gasteiger charge is -2.30. The van der Waals surface area contributed by atoms with Gasteiger partial charge in [0.25, 0.3) is 15.9 Å². The molecule has 0 spiro atoms. The number of fused-ring (bicyclic) bond motifs is 1. The maximum Gasteiger partial charge on any atom is 0.270 e. The number of amides is 1. The third kappa shape index (κ3) is 2.93. The third-order valence-electron chi connectivity index (χ3n) is 4.16. The summed E-state index contributed by atoms with van der Waals surface area (Å²) < 4.78 is 27.3. The molecule has 1 aliphatic heterocycles. The van der Waals surface area contributed by atoms with Crippen LogP contribution in [0.3, 0.4) is 0 Å². The Morgan fingerprint density at radius 1 is 1.04 bits per heavy atom. The molecule has 0 atom stereocenters. The molecule has 1 aliphatic rings. The number of hydrogen-bond donors (Lipinski definition) is 1. The Kier molecular flexibility index (Phi) is 4.63. The molecule has 0 aliphatic carbocycles. The van der Waals surface area contributed by atoms with Crippen molar-refractivity contribution in [1.82, 2.24) is 5.32 Å². The van der Waals surface area contributed by atoms with Gasteiger partial charge in [0.2, 0.25) is 0 Å². The van der Waals surface area contributed by atoms with Crippen LogP contribution in [0.4, 0.5) is 5.69 Å². The third-order valence-corrected chi connectivity index (χ3v) is 5.99. The molecule has 0 radical (unpaired) electrons. The van der Waals surface area contributed by atoms with Crippen LogP contribution in [0.2, 0.25) is 0 Å². The number of hydrogen-bond acceptors (Lipinski definition) is 3. The highest BCUT2D eigenvalue weighted by atomic mass is 32.2. The van der Waals surface area contributed by atoms with Gasteiger partial charge >= 0.3 is 0 Å². The van der Waals surface area contributed by atoms with Gasteiger partial charge in [-0.25, -0.2) is 8.42 Å². The van der Waals surface area contributed by atoms with Gasteiger partial charge < -0.3 is 5.32 Å². The summed E-state index contributed by atoms with van der Waals surface area (Å²) in [5, 5.41) is 2.71. The SMILES string of the molecule is CCCNC(=O)C1=C(c2ccccc2)c2ccccc2N(C)S1(=O)=O. The number of rotatable bonds is 4. The van der Waals surface area contributed by atoms with Crippen LogP contribution in [0.15, 0.2) is 59.5 Å². The molecule has 0 saturated carbocycles. The number of carbonyl (C=O) groups is 1. The van der Waals surface area contributed by atoms with E-state index in [2.05, 4.69) is 5.32 Å². The van der Waals surface area contributed by atoms with Crippen LogP contribution in [0, 0.1) is 0 Å². The van der Waals surface area contributed by atoms with Gasteiger partial charge in [0, 0.05) is 24.7 Å². The lowest BCUT2D eigenvalue weighted by molar-refractivity contribution is -0.116. The molecule has 6 heteroatoms. The van der Waals surface area contributed by atoms with Gasteiger partial charge in [-0.05, 0) is 18.1 Å². The first-order chi connectivity index (χ1) is 12.0. The minimum Gasteiger partial charge on any atom is -0.351 e. The maximum atomic E-state index is 13.1. The summed E-state index contributed by atoms with van der Waals surface area (Å²) in [6, 6.07) is 16.4. The van der Waals surface area contributed by atoms with E-state index in [0.717, 1.165) is 12.0 Å². The Morgan fingerprint density at radius 2 is 1.68 bits per heavy atom. The summed E-state index contributed by atoms with van der Waals surface area (Å²) in [4.78, 5) is 12.5. The quantitative estimate of drug-likeness (QED) is 0.916. The average molecular weight is 356 g/mol. The number of carbonyl (C=O) groups excluding carboxylic acids is 1. The zero-order valence-corrected chi connectivity index (χ0v) is 15.0. The first kappa shape index (κ1) is 17.2. The molecular formula is C19H20N2O3S. The van der Waals surface area contributed by atoms with Crippen LogP contribution in [-0.4, -0.2) is 27.9 Å². The van der Waals surface area contributed by atoms with E-state index in [0.29, 0.717) is 23.4 Å². The van der Waals surface area contributed by atoms with Crippen molar-refractivity contribution in [1.29, 1.82) is 0 Å². The van der Waals surface area contributed by atoms with Crippen LogP contribution < -0.4 is 9.62 Å². The molecule has 1 N–H and O–H groups in total. The first-order valence-electron chi connectivity index (χ1n) is 8.14. The van der Waals surface area contributed by atoms with Crippen molar-refractivity contribution in [3.63, 3.8) is 0 Å². The fourth-order valence-corrected chi connectivity index (χ4v) is 4.40. The molecule has 0 bridgehead atoms. The molecule has 2 aromatic carbocycles. The Labute approximate surface area is 148 Å². The minimum atomic E-state index is -3.94. The van der Waals surface area contributed by atoms with Crippen molar-refractivity contribution in [2.45, 2.75) is 13.3 Å². The van der Waals surface area contributed by atoms with Crippen LogP contribution in [0.1, 0.15) is 24.5 Å². The summed E-state index contributed by atoms with van der Waals surface area (Å²) in [7, 11) is -2.47. The highest BCUT2D eigenvalue weighted by Gasteiger charge is 2.39. The van der Waals surface area contributed by atoms with E-state index in [-0.39, 0.29) is 4.91 Å². The zero-order valence-electron chi connectivity index (χ0n) is 14.2. The Balaban J connectivity index is 2.35. The van der Waals surface area contributed by atoms with Gasteiger partial charge in [0.1, 0.15) is 0 Å². The van der Waals surface area contributed by atoms with Gasteiger partial charge in [-0.15, -0.1) is 0 Å². The average Bonchev–Trinajstić information content (AvgIpc) is 2.63. The van der Waals surface area contributed by atoms with Crippen molar-refractivity contribution >= 4 is 27.2 Å². The molecule has 130 valence electrons. The Morgan fingerprint density at radius 3 is 2.36 bits per heavy atom. The molecule has 0 aromatic heterocycles. The van der Waals surface area contributed by atoms with Gasteiger partial charge in [-0.1, -0.05) is 55.5 Å². The van der Waals surface area contributed by atoms with E-state index < -0.39 is 15.9 Å². The second-order valence-corrected chi connectivity index (χ2v) is 7.72. The smallest absolute Gasteiger partial charge is 0.270 e. The summed E-state index contributed by atoms with van der Waals surface area (Å²) in [6.07, 6.45) is 0.728. The number of para-hydroxylation sites is 1. The maximum absolute atomic E-state index is 13.1. The summed E-state index contributed by atoms with van der Waals surface area (Å²) >= 11 is 0. The van der Waals surface area contributed by atoms with Gasteiger partial charge in [-0.3, -0.25) is 9.10 Å². The Hall–Kier alpha value is -2.60. The van der Waals surface area contributed by atoms with Gasteiger partial charge in [-0.2, -0.15) is 0 Å². The zero-order chi connectivity index (χ0) is 18.0. The highest BCUT2D eigenvalue weighted by molar-refractivity contribution is 7.97. The summed E-state index contributed by atoms with van der Waals surface area (Å²) in [6.45, 7) is 2.34. The predicted octanol–water partition coefficient (Wildman–Crippen LogP) is 2.75. The van der Waals surface area contributed by atoms with Crippen molar-refractivity contribution in [2.75, 3.05) is 17.9 Å². The fourth-order valence-electron chi connectivity index (χ4n) is 2.92. The van der Waals surface area contributed by atoms with Crippen molar-refractivity contribution in [3.05, 3.63) is 70.6 Å². The topological polar surface area (TPSA) is 66.5 Å². The molecule has 0 unspecified atom stereocenters. The lowest BCUT2D eigenvalue weighted by Crippen LogP contribution is -2.39. The number of nitrogens with one attached hydrogen (secondary N) is 1. The summed E-state index contributed by atoms with van der Waals surface area (Å²) in [5.41, 5.74) is 2.44. The first-order valence-corrected chi connectivity index (χ1v) is 9.58.